The summed E-state index contributed by atoms with van der Waals surface area (Å²) in [5.41, 5.74) is 1.92. The zero-order chi connectivity index (χ0) is 16.2. The first kappa shape index (κ1) is 15.5. The third-order valence-corrected chi connectivity index (χ3v) is 4.06. The highest BCUT2D eigenvalue weighted by Crippen LogP contribution is 2.17. The van der Waals surface area contributed by atoms with Crippen LogP contribution in [0.3, 0.4) is 0 Å². The Kier molecular flexibility index (Phi) is 4.57. The number of likely N-dealkylation sites (tertiary alicyclic amines) is 1. The minimum Gasteiger partial charge on any atom is -0.396 e. The second-order valence-corrected chi connectivity index (χ2v) is 5.89. The van der Waals surface area contributed by atoms with Gasteiger partial charge in [-0.15, -0.1) is 0 Å². The quantitative estimate of drug-likeness (QED) is 0.793. The summed E-state index contributed by atoms with van der Waals surface area (Å²) in [4.78, 5) is 18.2. The van der Waals surface area contributed by atoms with Crippen molar-refractivity contribution >= 4 is 6.03 Å². The molecule has 1 fully saturated rings. The number of aliphatic hydroxyl groups excluding tert-OH is 1. The lowest BCUT2D eigenvalue weighted by molar-refractivity contribution is 0.198. The fraction of sp³-hybridized carbons (Fsp3) is 0.438. The van der Waals surface area contributed by atoms with Crippen molar-refractivity contribution in [3.8, 4) is 11.4 Å². The van der Waals surface area contributed by atoms with Crippen molar-refractivity contribution in [3.63, 3.8) is 0 Å². The van der Waals surface area contributed by atoms with Gasteiger partial charge in [0.25, 0.3) is 0 Å². The molecule has 0 radical (unpaired) electrons. The molecule has 1 aliphatic rings. The smallest absolute Gasteiger partial charge is 0.317 e. The molecule has 1 unspecified atom stereocenters. The number of benzene rings is 1. The monoisotopic (exact) mass is 315 g/mol. The number of nitrogens with zero attached hydrogens (tertiary/aromatic N) is 3. The van der Waals surface area contributed by atoms with Crippen LogP contribution in [0.4, 0.5) is 4.79 Å². The first-order chi connectivity index (χ1) is 11.2. The summed E-state index contributed by atoms with van der Waals surface area (Å²) in [7, 11) is 0. The van der Waals surface area contributed by atoms with Gasteiger partial charge >= 0.3 is 6.03 Å². The van der Waals surface area contributed by atoms with Crippen LogP contribution in [0.5, 0.6) is 0 Å². The SMILES string of the molecule is Cc1nc(-c2cccc(CNC(=O)N3CCC(CO)C3)c2)n[nH]1. The molecule has 1 aromatic carbocycles. The molecule has 2 heterocycles. The van der Waals surface area contributed by atoms with Crippen LogP contribution in [-0.2, 0) is 6.54 Å². The second-order valence-electron chi connectivity index (χ2n) is 5.89. The molecule has 7 heteroatoms. The number of aryl methyl sites for hydroxylation is 1. The number of carbonyl (C=O) groups is 1. The molecule has 2 aromatic rings. The molecular formula is C16H21N5O2. The molecule has 7 nitrogen and oxygen atoms in total. The molecule has 2 amide bonds. The van der Waals surface area contributed by atoms with E-state index >= 15 is 0 Å². The van der Waals surface area contributed by atoms with E-state index in [1.54, 1.807) is 4.90 Å². The van der Waals surface area contributed by atoms with E-state index in [-0.39, 0.29) is 18.6 Å². The number of aromatic nitrogens is 3. The Balaban J connectivity index is 1.59. The van der Waals surface area contributed by atoms with Crippen molar-refractivity contribution in [1.82, 2.24) is 25.4 Å². The van der Waals surface area contributed by atoms with Crippen LogP contribution in [0.1, 0.15) is 17.8 Å². The van der Waals surface area contributed by atoms with Crippen molar-refractivity contribution < 1.29 is 9.90 Å². The largest absolute Gasteiger partial charge is 0.396 e. The number of carbonyl (C=O) groups excluding carboxylic acids is 1. The average Bonchev–Trinajstić information content (AvgIpc) is 3.21. The van der Waals surface area contributed by atoms with E-state index in [2.05, 4.69) is 20.5 Å². The van der Waals surface area contributed by atoms with E-state index in [0.717, 1.165) is 23.4 Å². The zero-order valence-electron chi connectivity index (χ0n) is 13.1. The van der Waals surface area contributed by atoms with Crippen LogP contribution in [0.2, 0.25) is 0 Å². The van der Waals surface area contributed by atoms with Crippen LogP contribution < -0.4 is 5.32 Å². The Bertz CT molecular complexity index is 685. The zero-order valence-corrected chi connectivity index (χ0v) is 13.1. The van der Waals surface area contributed by atoms with E-state index in [4.69, 9.17) is 5.11 Å². The lowest BCUT2D eigenvalue weighted by atomic mass is 10.1. The van der Waals surface area contributed by atoms with Crippen molar-refractivity contribution in [2.75, 3.05) is 19.7 Å². The number of H-pyrrole nitrogens is 1. The van der Waals surface area contributed by atoms with Gasteiger partial charge in [0.1, 0.15) is 5.82 Å². The van der Waals surface area contributed by atoms with Gasteiger partial charge < -0.3 is 15.3 Å². The van der Waals surface area contributed by atoms with Crippen LogP contribution in [0.15, 0.2) is 24.3 Å². The summed E-state index contributed by atoms with van der Waals surface area (Å²) in [6.07, 6.45) is 0.865. The molecule has 3 rings (SSSR count). The number of aromatic amines is 1. The lowest BCUT2D eigenvalue weighted by Crippen LogP contribution is -2.38. The van der Waals surface area contributed by atoms with Gasteiger partial charge in [0, 0.05) is 37.7 Å². The van der Waals surface area contributed by atoms with Gasteiger partial charge in [0.2, 0.25) is 0 Å². The molecule has 122 valence electrons. The molecule has 0 saturated carbocycles. The summed E-state index contributed by atoms with van der Waals surface area (Å²) < 4.78 is 0. The van der Waals surface area contributed by atoms with Gasteiger partial charge in [0.15, 0.2) is 5.82 Å². The highest BCUT2D eigenvalue weighted by molar-refractivity contribution is 5.74. The van der Waals surface area contributed by atoms with E-state index in [1.807, 2.05) is 31.2 Å². The van der Waals surface area contributed by atoms with Crippen molar-refractivity contribution in [3.05, 3.63) is 35.7 Å². The Morgan fingerprint density at radius 3 is 3.09 bits per heavy atom. The van der Waals surface area contributed by atoms with Gasteiger partial charge in [-0.1, -0.05) is 18.2 Å². The molecule has 1 aliphatic heterocycles. The standard InChI is InChI=1S/C16H21N5O2/c1-11-18-15(20-19-11)14-4-2-3-12(7-14)8-17-16(23)21-6-5-13(9-21)10-22/h2-4,7,13,22H,5-6,8-10H2,1H3,(H,17,23)(H,18,19,20). The summed E-state index contributed by atoms with van der Waals surface area (Å²) in [5, 5.41) is 19.0. The first-order valence-corrected chi connectivity index (χ1v) is 7.77. The molecule has 0 spiro atoms. The van der Waals surface area contributed by atoms with E-state index in [9.17, 15) is 4.79 Å². The fourth-order valence-corrected chi connectivity index (χ4v) is 2.75. The minimum atomic E-state index is -0.0832. The molecule has 3 N–H and O–H groups in total. The first-order valence-electron chi connectivity index (χ1n) is 7.77. The van der Waals surface area contributed by atoms with Gasteiger partial charge in [-0.3, -0.25) is 5.10 Å². The van der Waals surface area contributed by atoms with Crippen molar-refractivity contribution in [2.24, 2.45) is 5.92 Å². The topological polar surface area (TPSA) is 94.1 Å². The maximum atomic E-state index is 12.1. The Hall–Kier alpha value is -2.41. The van der Waals surface area contributed by atoms with Crippen molar-refractivity contribution in [1.29, 1.82) is 0 Å². The molecule has 1 atom stereocenters. The highest BCUT2D eigenvalue weighted by atomic mass is 16.3. The summed E-state index contributed by atoms with van der Waals surface area (Å²) in [5.74, 6) is 1.63. The number of amides is 2. The molecule has 1 saturated heterocycles. The number of nitrogens with one attached hydrogen (secondary N) is 2. The van der Waals surface area contributed by atoms with E-state index in [1.165, 1.54) is 0 Å². The second kappa shape index (κ2) is 6.78. The Morgan fingerprint density at radius 1 is 1.52 bits per heavy atom. The molecule has 23 heavy (non-hydrogen) atoms. The van der Waals surface area contributed by atoms with Gasteiger partial charge in [-0.2, -0.15) is 5.10 Å². The summed E-state index contributed by atoms with van der Waals surface area (Å²) >= 11 is 0. The Morgan fingerprint density at radius 2 is 2.39 bits per heavy atom. The van der Waals surface area contributed by atoms with Crippen LogP contribution in [0.25, 0.3) is 11.4 Å². The predicted molar refractivity (Wildman–Crippen MR) is 85.6 cm³/mol. The van der Waals surface area contributed by atoms with Crippen LogP contribution in [0, 0.1) is 12.8 Å². The summed E-state index contributed by atoms with van der Waals surface area (Å²) in [6, 6.07) is 7.73. The minimum absolute atomic E-state index is 0.0832. The van der Waals surface area contributed by atoms with Crippen molar-refractivity contribution in [2.45, 2.75) is 19.9 Å². The maximum Gasteiger partial charge on any atom is 0.317 e. The van der Waals surface area contributed by atoms with E-state index in [0.29, 0.717) is 25.5 Å². The van der Waals surface area contributed by atoms with Gasteiger partial charge in [0.05, 0.1) is 0 Å². The molecule has 0 aliphatic carbocycles. The highest BCUT2D eigenvalue weighted by Gasteiger charge is 2.25. The molecule has 0 bridgehead atoms. The summed E-state index contributed by atoms with van der Waals surface area (Å²) in [6.45, 7) is 3.78. The molecule has 1 aromatic heterocycles. The maximum absolute atomic E-state index is 12.1. The third-order valence-electron chi connectivity index (χ3n) is 4.06. The van der Waals surface area contributed by atoms with Crippen LogP contribution >= 0.6 is 0 Å². The number of urea groups is 1. The number of rotatable bonds is 4. The fourth-order valence-electron chi connectivity index (χ4n) is 2.75. The van der Waals surface area contributed by atoms with E-state index < -0.39 is 0 Å². The molecular weight excluding hydrogens is 294 g/mol. The number of hydrogen-bond acceptors (Lipinski definition) is 4. The van der Waals surface area contributed by atoms with Crippen LogP contribution in [-0.4, -0.2) is 50.9 Å². The predicted octanol–water partition coefficient (Wildman–Crippen LogP) is 1.30. The third kappa shape index (κ3) is 3.68. The van der Waals surface area contributed by atoms with Gasteiger partial charge in [-0.25, -0.2) is 9.78 Å². The Labute approximate surface area is 134 Å². The average molecular weight is 315 g/mol. The number of aliphatic hydroxyl groups is 1. The van der Waals surface area contributed by atoms with Gasteiger partial charge in [-0.05, 0) is 25.0 Å². The number of hydrogen-bond donors (Lipinski definition) is 3. The normalized spacial score (nSPS) is 17.5. The lowest BCUT2D eigenvalue weighted by Gasteiger charge is -2.17.